The first-order valence-electron chi connectivity index (χ1n) is 10.9. The molecule has 0 aliphatic heterocycles. The van der Waals surface area contributed by atoms with Gasteiger partial charge in [0.05, 0.1) is 10.9 Å². The maximum absolute atomic E-state index is 4.27. The first-order chi connectivity index (χ1) is 15.0. The minimum Gasteiger partial charge on any atom is -0.354 e. The fourth-order valence-electron chi connectivity index (χ4n) is 5.52. The number of H-pyrrole nitrogens is 1. The number of rotatable bonds is 2. The highest BCUT2D eigenvalue weighted by molar-refractivity contribution is 6.02. The van der Waals surface area contributed by atoms with Crippen LogP contribution >= 0.6 is 0 Å². The second-order valence-electron chi connectivity index (χ2n) is 8.93. The van der Waals surface area contributed by atoms with Crippen LogP contribution in [0.5, 0.6) is 0 Å². The number of nitrogens with one attached hydrogen (secondary N) is 1. The van der Waals surface area contributed by atoms with E-state index in [1.54, 1.807) is 0 Å². The van der Waals surface area contributed by atoms with Gasteiger partial charge in [0.15, 0.2) is 0 Å². The van der Waals surface area contributed by atoms with Crippen LogP contribution in [0, 0.1) is 6.92 Å². The third-order valence-corrected chi connectivity index (χ3v) is 7.06. The van der Waals surface area contributed by atoms with Gasteiger partial charge < -0.3 is 4.98 Å². The highest BCUT2D eigenvalue weighted by atomic mass is 14.7. The number of aromatic amines is 1. The lowest BCUT2D eigenvalue weighted by Crippen LogP contribution is -2.20. The number of allylic oxidation sites excluding steroid dienone is 2. The number of hydrogen-bond donors (Lipinski definition) is 1. The molecule has 0 radical (unpaired) electrons. The zero-order valence-electron chi connectivity index (χ0n) is 18.2. The Hall–Kier alpha value is -3.58. The molecule has 4 aromatic rings. The Morgan fingerprint density at radius 1 is 0.871 bits per heavy atom. The molecule has 0 fully saturated rings. The van der Waals surface area contributed by atoms with E-state index in [0.717, 1.165) is 5.57 Å². The third-order valence-electron chi connectivity index (χ3n) is 7.06. The lowest BCUT2D eigenvalue weighted by Gasteiger charge is -2.21. The normalized spacial score (nSPS) is 17.0. The van der Waals surface area contributed by atoms with Crippen molar-refractivity contribution >= 4 is 28.6 Å². The lowest BCUT2D eigenvalue weighted by atomic mass is 9.83. The van der Waals surface area contributed by atoms with Crippen molar-refractivity contribution in [2.45, 2.75) is 26.7 Å². The molecule has 1 heterocycles. The summed E-state index contributed by atoms with van der Waals surface area (Å²) in [4.78, 5) is 3.85. The van der Waals surface area contributed by atoms with Crippen molar-refractivity contribution < 1.29 is 0 Å². The molecule has 31 heavy (non-hydrogen) atoms. The highest BCUT2D eigenvalue weighted by Crippen LogP contribution is 2.45. The standard InChI is InChI=1S/C30H25N/c1-17-15-25-28-24(21-10-6-5-7-11-21)16-19(3)27(30(28)31-29(25)20(17)4)26-18(2)14-22-12-8-9-13-23(22)26/h5-16,26,31H,1H2,2-4H3. The van der Waals surface area contributed by atoms with Crippen LogP contribution in [0.3, 0.4) is 0 Å². The fourth-order valence-corrected chi connectivity index (χ4v) is 5.52. The van der Waals surface area contributed by atoms with Gasteiger partial charge in [0, 0.05) is 16.5 Å². The molecule has 3 aromatic carbocycles. The summed E-state index contributed by atoms with van der Waals surface area (Å²) in [6, 6.07) is 21.9. The molecule has 1 nitrogen and oxygen atoms in total. The molecule has 1 unspecified atom stereocenters. The van der Waals surface area contributed by atoms with Crippen molar-refractivity contribution in [2.75, 3.05) is 0 Å². The van der Waals surface area contributed by atoms with E-state index >= 15 is 0 Å². The summed E-state index contributed by atoms with van der Waals surface area (Å²) in [5.74, 6) is 0.283. The third kappa shape index (κ3) is 2.50. The fraction of sp³-hybridized carbons (Fsp3) is 0.133. The lowest BCUT2D eigenvalue weighted by molar-refractivity contribution is 0.969. The molecule has 1 atom stereocenters. The molecular weight excluding hydrogens is 374 g/mol. The largest absolute Gasteiger partial charge is 0.354 e. The molecule has 2 aliphatic carbocycles. The van der Waals surface area contributed by atoms with E-state index in [1.807, 2.05) is 0 Å². The second kappa shape index (κ2) is 6.46. The van der Waals surface area contributed by atoms with Gasteiger partial charge in [-0.25, -0.2) is 0 Å². The molecule has 0 saturated heterocycles. The first-order valence-corrected chi connectivity index (χ1v) is 10.9. The second-order valence-corrected chi connectivity index (χ2v) is 8.93. The predicted octanol–water partition coefficient (Wildman–Crippen LogP) is 6.21. The molecule has 1 heteroatoms. The van der Waals surface area contributed by atoms with Crippen molar-refractivity contribution in [1.82, 2.24) is 4.98 Å². The number of benzene rings is 3. The topological polar surface area (TPSA) is 15.8 Å². The van der Waals surface area contributed by atoms with Gasteiger partial charge in [0.2, 0.25) is 0 Å². The minimum atomic E-state index is 0.283. The van der Waals surface area contributed by atoms with Crippen LogP contribution in [-0.4, -0.2) is 4.98 Å². The van der Waals surface area contributed by atoms with Gasteiger partial charge in [-0.3, -0.25) is 0 Å². The summed E-state index contributed by atoms with van der Waals surface area (Å²) in [7, 11) is 0. The quantitative estimate of drug-likeness (QED) is 0.412. The van der Waals surface area contributed by atoms with Crippen molar-refractivity contribution in [3.8, 4) is 11.1 Å². The van der Waals surface area contributed by atoms with E-state index in [2.05, 4.69) is 105 Å². The summed E-state index contributed by atoms with van der Waals surface area (Å²) in [5.41, 5.74) is 13.0. The Morgan fingerprint density at radius 2 is 1.61 bits per heavy atom. The zero-order valence-corrected chi connectivity index (χ0v) is 18.2. The van der Waals surface area contributed by atoms with Crippen LogP contribution in [0.15, 0.2) is 78.4 Å². The minimum absolute atomic E-state index is 0.283. The number of hydrogen-bond acceptors (Lipinski definition) is 0. The van der Waals surface area contributed by atoms with Crippen molar-refractivity contribution in [3.63, 3.8) is 0 Å². The molecule has 1 N–H and O–H groups in total. The van der Waals surface area contributed by atoms with Crippen LogP contribution in [-0.2, 0) is 0 Å². The smallest absolute Gasteiger partial charge is 0.0516 e. The summed E-state index contributed by atoms with van der Waals surface area (Å²) in [6.07, 6.45) is 4.60. The molecule has 0 spiro atoms. The molecule has 2 aliphatic rings. The maximum Gasteiger partial charge on any atom is 0.0516 e. The van der Waals surface area contributed by atoms with Crippen molar-refractivity contribution in [1.29, 1.82) is 0 Å². The van der Waals surface area contributed by atoms with Crippen LogP contribution in [0.1, 0.15) is 42.0 Å². The molecule has 0 saturated carbocycles. The van der Waals surface area contributed by atoms with Gasteiger partial charge in [-0.1, -0.05) is 78.9 Å². The zero-order chi connectivity index (χ0) is 21.3. The average Bonchev–Trinajstić information content (AvgIpc) is 3.39. The van der Waals surface area contributed by atoms with E-state index in [-0.39, 0.29) is 5.92 Å². The van der Waals surface area contributed by atoms with Gasteiger partial charge >= 0.3 is 0 Å². The Kier molecular flexibility index (Phi) is 3.79. The van der Waals surface area contributed by atoms with E-state index in [4.69, 9.17) is 0 Å². The number of aryl methyl sites for hydroxylation is 1. The summed E-state index contributed by atoms with van der Waals surface area (Å²) in [5, 5.41) is 3.82. The number of fused-ring (bicyclic) bond motifs is 4. The molecule has 6 rings (SSSR count). The van der Waals surface area contributed by atoms with Gasteiger partial charge in [-0.15, -0.1) is 0 Å². The Bertz CT molecular complexity index is 1560. The van der Waals surface area contributed by atoms with Crippen LogP contribution in [0.25, 0.3) is 39.8 Å². The Balaban J connectivity index is 1.76. The first kappa shape index (κ1) is 18.2. The maximum atomic E-state index is 4.27. The van der Waals surface area contributed by atoms with E-state index < -0.39 is 0 Å². The van der Waals surface area contributed by atoms with Gasteiger partial charge in [-0.2, -0.15) is 0 Å². The van der Waals surface area contributed by atoms with Crippen LogP contribution < -0.4 is 10.6 Å². The van der Waals surface area contributed by atoms with Crippen LogP contribution in [0.2, 0.25) is 0 Å². The monoisotopic (exact) mass is 399 g/mol. The van der Waals surface area contributed by atoms with E-state index in [9.17, 15) is 0 Å². The molecule has 0 amide bonds. The summed E-state index contributed by atoms with van der Waals surface area (Å²) >= 11 is 0. The Morgan fingerprint density at radius 3 is 2.42 bits per heavy atom. The van der Waals surface area contributed by atoms with E-state index in [1.165, 1.54) is 66.0 Å². The van der Waals surface area contributed by atoms with Gasteiger partial charge in [0.25, 0.3) is 0 Å². The highest BCUT2D eigenvalue weighted by Gasteiger charge is 2.29. The summed E-state index contributed by atoms with van der Waals surface area (Å²) in [6.45, 7) is 11.0. The van der Waals surface area contributed by atoms with Gasteiger partial charge in [0.1, 0.15) is 0 Å². The van der Waals surface area contributed by atoms with Crippen molar-refractivity contribution in [3.05, 3.63) is 111 Å². The molecule has 1 aromatic heterocycles. The number of aromatic nitrogens is 1. The predicted molar refractivity (Wildman–Crippen MR) is 132 cm³/mol. The summed E-state index contributed by atoms with van der Waals surface area (Å²) < 4.78 is 0. The van der Waals surface area contributed by atoms with Gasteiger partial charge in [-0.05, 0) is 71.4 Å². The molecule has 150 valence electrons. The van der Waals surface area contributed by atoms with E-state index in [0.29, 0.717) is 0 Å². The Labute approximate surface area is 182 Å². The average molecular weight is 400 g/mol. The molecule has 0 bridgehead atoms. The SMILES string of the molecule is C=C1C=c2c([nH]c3c(C4C(C)=Cc5ccccc54)c(C)cc(-c4ccccc4)c23)=C1C. The van der Waals surface area contributed by atoms with Crippen molar-refractivity contribution in [2.24, 2.45) is 0 Å². The molecular formula is C30H25N. The van der Waals surface area contributed by atoms with Crippen LogP contribution in [0.4, 0.5) is 0 Å².